The maximum Gasteiger partial charge on any atom is 0.321 e. The molecule has 2 amide bonds. The third-order valence-electron chi connectivity index (χ3n) is 2.52. The number of fused-ring (bicyclic) bond motifs is 1. The number of thiazole rings is 1. The second-order valence-corrected chi connectivity index (χ2v) is 5.58. The lowest BCUT2D eigenvalue weighted by Gasteiger charge is -2.06. The molecule has 5 heteroatoms. The van der Waals surface area contributed by atoms with Crippen molar-refractivity contribution in [1.82, 2.24) is 10.3 Å². The number of aromatic nitrogens is 1. The van der Waals surface area contributed by atoms with Gasteiger partial charge in [0.05, 0.1) is 10.2 Å². The van der Waals surface area contributed by atoms with Crippen molar-refractivity contribution >= 4 is 32.7 Å². The van der Waals surface area contributed by atoms with Gasteiger partial charge in [0.1, 0.15) is 0 Å². The number of para-hydroxylation sites is 1. The fourth-order valence-electron chi connectivity index (χ4n) is 1.54. The average Bonchev–Trinajstić information content (AvgIpc) is 2.70. The molecule has 96 valence electrons. The van der Waals surface area contributed by atoms with E-state index in [-0.39, 0.29) is 6.03 Å². The minimum Gasteiger partial charge on any atom is -0.338 e. The van der Waals surface area contributed by atoms with E-state index < -0.39 is 0 Å². The van der Waals surface area contributed by atoms with E-state index in [2.05, 4.69) is 29.5 Å². The smallest absolute Gasteiger partial charge is 0.321 e. The molecule has 0 unspecified atom stereocenters. The summed E-state index contributed by atoms with van der Waals surface area (Å²) in [6, 6.07) is 7.65. The van der Waals surface area contributed by atoms with Gasteiger partial charge in [0.25, 0.3) is 0 Å². The molecule has 18 heavy (non-hydrogen) atoms. The van der Waals surface area contributed by atoms with E-state index in [1.54, 1.807) is 0 Å². The van der Waals surface area contributed by atoms with Gasteiger partial charge in [-0.2, -0.15) is 0 Å². The molecule has 0 aliphatic carbocycles. The van der Waals surface area contributed by atoms with Gasteiger partial charge in [0.15, 0.2) is 5.13 Å². The molecule has 0 aliphatic heterocycles. The third-order valence-corrected chi connectivity index (χ3v) is 3.47. The first-order valence-corrected chi connectivity index (χ1v) is 6.87. The van der Waals surface area contributed by atoms with Gasteiger partial charge in [0, 0.05) is 6.54 Å². The maximum atomic E-state index is 11.6. The van der Waals surface area contributed by atoms with E-state index in [1.807, 2.05) is 24.3 Å². The molecule has 0 atom stereocenters. The van der Waals surface area contributed by atoms with Crippen molar-refractivity contribution in [2.24, 2.45) is 5.92 Å². The van der Waals surface area contributed by atoms with Crippen LogP contribution < -0.4 is 10.6 Å². The van der Waals surface area contributed by atoms with Crippen LogP contribution in [-0.2, 0) is 0 Å². The predicted molar refractivity (Wildman–Crippen MR) is 76.1 cm³/mol. The molecule has 0 bridgehead atoms. The lowest BCUT2D eigenvalue weighted by atomic mass is 10.1. The number of rotatable bonds is 4. The monoisotopic (exact) mass is 263 g/mol. The number of anilines is 1. The van der Waals surface area contributed by atoms with E-state index in [0.29, 0.717) is 17.6 Å². The lowest BCUT2D eigenvalue weighted by Crippen LogP contribution is -2.30. The molecular weight excluding hydrogens is 246 g/mol. The van der Waals surface area contributed by atoms with Crippen LogP contribution in [0.1, 0.15) is 20.3 Å². The van der Waals surface area contributed by atoms with Crippen LogP contribution in [0.15, 0.2) is 24.3 Å². The van der Waals surface area contributed by atoms with Gasteiger partial charge in [-0.3, -0.25) is 5.32 Å². The van der Waals surface area contributed by atoms with Gasteiger partial charge in [0.2, 0.25) is 0 Å². The summed E-state index contributed by atoms with van der Waals surface area (Å²) in [7, 11) is 0. The zero-order chi connectivity index (χ0) is 13.0. The van der Waals surface area contributed by atoms with Crippen molar-refractivity contribution in [1.29, 1.82) is 0 Å². The van der Waals surface area contributed by atoms with Crippen molar-refractivity contribution in [3.8, 4) is 0 Å². The van der Waals surface area contributed by atoms with Gasteiger partial charge < -0.3 is 5.32 Å². The molecule has 0 radical (unpaired) electrons. The molecule has 2 rings (SSSR count). The van der Waals surface area contributed by atoms with Gasteiger partial charge in [-0.05, 0) is 24.5 Å². The minimum atomic E-state index is -0.185. The molecule has 1 heterocycles. The van der Waals surface area contributed by atoms with Crippen LogP contribution >= 0.6 is 11.3 Å². The Balaban J connectivity index is 1.90. The van der Waals surface area contributed by atoms with Crippen molar-refractivity contribution in [3.05, 3.63) is 24.3 Å². The highest BCUT2D eigenvalue weighted by molar-refractivity contribution is 7.22. The SMILES string of the molecule is CC(C)CCNC(=O)Nc1nc2ccccc2s1. The van der Waals surface area contributed by atoms with Crippen LogP contribution in [-0.4, -0.2) is 17.6 Å². The molecule has 4 nitrogen and oxygen atoms in total. The van der Waals surface area contributed by atoms with Crippen molar-refractivity contribution in [2.45, 2.75) is 20.3 Å². The molecule has 1 aromatic heterocycles. The standard InChI is InChI=1S/C13H17N3OS/c1-9(2)7-8-14-12(17)16-13-15-10-5-3-4-6-11(10)18-13/h3-6,9H,7-8H2,1-2H3,(H2,14,15,16,17). The van der Waals surface area contributed by atoms with Gasteiger partial charge in [-0.25, -0.2) is 9.78 Å². The Labute approximate surface area is 110 Å². The Morgan fingerprint density at radius 1 is 1.39 bits per heavy atom. The molecule has 2 N–H and O–H groups in total. The number of carbonyl (C=O) groups is 1. The first kappa shape index (κ1) is 12.8. The van der Waals surface area contributed by atoms with E-state index in [1.165, 1.54) is 11.3 Å². The van der Waals surface area contributed by atoms with E-state index in [0.717, 1.165) is 16.6 Å². The number of benzene rings is 1. The molecular formula is C13H17N3OS. The number of carbonyl (C=O) groups excluding carboxylic acids is 1. The number of hydrogen-bond donors (Lipinski definition) is 2. The fraction of sp³-hybridized carbons (Fsp3) is 0.385. The van der Waals surface area contributed by atoms with Crippen molar-refractivity contribution in [3.63, 3.8) is 0 Å². The fourth-order valence-corrected chi connectivity index (χ4v) is 2.40. The number of nitrogens with one attached hydrogen (secondary N) is 2. The predicted octanol–water partition coefficient (Wildman–Crippen LogP) is 3.46. The number of hydrogen-bond acceptors (Lipinski definition) is 3. The van der Waals surface area contributed by atoms with E-state index >= 15 is 0 Å². The second-order valence-electron chi connectivity index (χ2n) is 4.55. The average molecular weight is 263 g/mol. The van der Waals surface area contributed by atoms with Crippen LogP contribution in [0.5, 0.6) is 0 Å². The molecule has 0 aliphatic rings. The summed E-state index contributed by atoms with van der Waals surface area (Å²) in [5.74, 6) is 0.591. The zero-order valence-electron chi connectivity index (χ0n) is 10.6. The van der Waals surface area contributed by atoms with Gasteiger partial charge >= 0.3 is 6.03 Å². The van der Waals surface area contributed by atoms with Crippen LogP contribution in [0.25, 0.3) is 10.2 Å². The highest BCUT2D eigenvalue weighted by Gasteiger charge is 2.06. The van der Waals surface area contributed by atoms with Gasteiger partial charge in [-0.15, -0.1) is 0 Å². The highest BCUT2D eigenvalue weighted by atomic mass is 32.1. The topological polar surface area (TPSA) is 54.0 Å². The summed E-state index contributed by atoms with van der Waals surface area (Å²) in [5.41, 5.74) is 0.917. The van der Waals surface area contributed by atoms with Crippen LogP contribution in [0.3, 0.4) is 0 Å². The lowest BCUT2D eigenvalue weighted by molar-refractivity contribution is 0.251. The summed E-state index contributed by atoms with van der Waals surface area (Å²) in [5, 5.41) is 6.22. The highest BCUT2D eigenvalue weighted by Crippen LogP contribution is 2.25. The number of nitrogens with zero attached hydrogens (tertiary/aromatic N) is 1. The van der Waals surface area contributed by atoms with E-state index in [4.69, 9.17) is 0 Å². The molecule has 2 aromatic rings. The first-order chi connectivity index (χ1) is 8.65. The molecule has 0 saturated carbocycles. The van der Waals surface area contributed by atoms with Gasteiger partial charge in [-0.1, -0.05) is 37.3 Å². The number of urea groups is 1. The summed E-state index contributed by atoms with van der Waals surface area (Å²) in [6.07, 6.45) is 0.979. The van der Waals surface area contributed by atoms with Crippen LogP contribution in [0.4, 0.5) is 9.93 Å². The Hall–Kier alpha value is -1.62. The van der Waals surface area contributed by atoms with Crippen molar-refractivity contribution in [2.75, 3.05) is 11.9 Å². The Bertz CT molecular complexity index is 503. The molecule has 0 saturated heterocycles. The Morgan fingerprint density at radius 3 is 2.89 bits per heavy atom. The quantitative estimate of drug-likeness (QED) is 0.887. The molecule has 0 fully saturated rings. The Kier molecular flexibility index (Phi) is 4.15. The summed E-state index contributed by atoms with van der Waals surface area (Å²) in [4.78, 5) is 16.0. The number of amides is 2. The summed E-state index contributed by atoms with van der Waals surface area (Å²) >= 11 is 1.48. The van der Waals surface area contributed by atoms with E-state index in [9.17, 15) is 4.79 Å². The second kappa shape index (κ2) is 5.82. The summed E-state index contributed by atoms with van der Waals surface area (Å²) < 4.78 is 1.08. The van der Waals surface area contributed by atoms with Crippen molar-refractivity contribution < 1.29 is 4.79 Å². The Morgan fingerprint density at radius 2 is 2.17 bits per heavy atom. The largest absolute Gasteiger partial charge is 0.338 e. The maximum absolute atomic E-state index is 11.6. The zero-order valence-corrected chi connectivity index (χ0v) is 11.4. The normalized spacial score (nSPS) is 10.8. The molecule has 1 aromatic carbocycles. The van der Waals surface area contributed by atoms with Crippen LogP contribution in [0, 0.1) is 5.92 Å². The first-order valence-electron chi connectivity index (χ1n) is 6.05. The summed E-state index contributed by atoms with van der Waals surface area (Å²) in [6.45, 7) is 4.95. The third kappa shape index (κ3) is 3.43. The minimum absolute atomic E-state index is 0.185. The van der Waals surface area contributed by atoms with Crippen LogP contribution in [0.2, 0.25) is 0 Å². The molecule has 0 spiro atoms.